The van der Waals surface area contributed by atoms with E-state index in [4.69, 9.17) is 26.2 Å². The van der Waals surface area contributed by atoms with Crippen LogP contribution in [0.5, 0.6) is 5.75 Å². The van der Waals surface area contributed by atoms with Gasteiger partial charge in [0.2, 0.25) is 0 Å². The number of carbonyl (C=O) groups is 1. The number of carboxylic acid groups (broad SMARTS) is 1. The van der Waals surface area contributed by atoms with E-state index in [1.807, 2.05) is 18.2 Å². The van der Waals surface area contributed by atoms with E-state index in [9.17, 15) is 4.79 Å². The molecule has 0 saturated heterocycles. The molecule has 0 amide bonds. The first kappa shape index (κ1) is 22.6. The number of fused-ring (bicyclic) bond motifs is 1. The van der Waals surface area contributed by atoms with E-state index in [-0.39, 0.29) is 12.0 Å². The van der Waals surface area contributed by atoms with Gasteiger partial charge in [0.05, 0.1) is 18.6 Å². The molecule has 1 aliphatic rings. The molecule has 0 aromatic heterocycles. The minimum atomic E-state index is -0.793. The maximum atomic E-state index is 10.5. The van der Waals surface area contributed by atoms with Gasteiger partial charge in [-0.25, -0.2) is 0 Å². The SMILES string of the molecule is CCc1cccc(Cl)c1COc1ccc2c(c1)CC[C@]2(C)OCCNCCC(=O)O. The van der Waals surface area contributed by atoms with Crippen molar-refractivity contribution in [2.75, 3.05) is 19.7 Å². The average molecular weight is 432 g/mol. The zero-order chi connectivity index (χ0) is 21.6. The van der Waals surface area contributed by atoms with Crippen molar-refractivity contribution >= 4 is 17.6 Å². The summed E-state index contributed by atoms with van der Waals surface area (Å²) in [5.74, 6) is 0.0499. The van der Waals surface area contributed by atoms with Crippen LogP contribution in [0.3, 0.4) is 0 Å². The topological polar surface area (TPSA) is 67.8 Å². The van der Waals surface area contributed by atoms with E-state index in [1.165, 1.54) is 16.7 Å². The normalized spacial score (nSPS) is 17.7. The van der Waals surface area contributed by atoms with Gasteiger partial charge < -0.3 is 19.9 Å². The Morgan fingerprint density at radius 2 is 2.10 bits per heavy atom. The Morgan fingerprint density at radius 3 is 2.87 bits per heavy atom. The molecule has 2 aromatic carbocycles. The monoisotopic (exact) mass is 431 g/mol. The van der Waals surface area contributed by atoms with E-state index >= 15 is 0 Å². The van der Waals surface area contributed by atoms with Crippen LogP contribution < -0.4 is 10.1 Å². The number of aryl methyl sites for hydroxylation is 2. The largest absolute Gasteiger partial charge is 0.489 e. The third-order valence-electron chi connectivity index (χ3n) is 5.71. The fourth-order valence-electron chi connectivity index (χ4n) is 3.96. The van der Waals surface area contributed by atoms with Crippen LogP contribution in [0.15, 0.2) is 36.4 Å². The number of rotatable bonds is 11. The molecule has 0 aliphatic heterocycles. The lowest BCUT2D eigenvalue weighted by Gasteiger charge is -2.26. The quantitative estimate of drug-likeness (QED) is 0.504. The van der Waals surface area contributed by atoms with Gasteiger partial charge in [0, 0.05) is 23.7 Å². The number of carboxylic acids is 1. The second kappa shape index (κ2) is 10.3. The summed E-state index contributed by atoms with van der Waals surface area (Å²) < 4.78 is 12.2. The highest BCUT2D eigenvalue weighted by Gasteiger charge is 2.35. The number of aliphatic carboxylic acids is 1. The molecule has 0 heterocycles. The van der Waals surface area contributed by atoms with Crippen LogP contribution in [0.1, 0.15) is 48.9 Å². The van der Waals surface area contributed by atoms with Crippen molar-refractivity contribution < 1.29 is 19.4 Å². The summed E-state index contributed by atoms with van der Waals surface area (Å²) in [6, 6.07) is 12.2. The fourth-order valence-corrected chi connectivity index (χ4v) is 4.21. The number of hydrogen-bond donors (Lipinski definition) is 2. The summed E-state index contributed by atoms with van der Waals surface area (Å²) in [6.45, 7) is 6.33. The number of ether oxygens (including phenoxy) is 2. The van der Waals surface area contributed by atoms with E-state index in [1.54, 1.807) is 0 Å². The Balaban J connectivity index is 1.57. The van der Waals surface area contributed by atoms with Crippen molar-refractivity contribution in [2.24, 2.45) is 0 Å². The Kier molecular flexibility index (Phi) is 7.75. The van der Waals surface area contributed by atoms with E-state index in [2.05, 4.69) is 37.4 Å². The van der Waals surface area contributed by atoms with Gasteiger partial charge in [-0.05, 0) is 61.1 Å². The lowest BCUT2D eigenvalue weighted by atomic mass is 9.98. The smallest absolute Gasteiger partial charge is 0.304 e. The molecule has 0 unspecified atom stereocenters. The van der Waals surface area contributed by atoms with Crippen LogP contribution in [0.25, 0.3) is 0 Å². The molecule has 2 N–H and O–H groups in total. The van der Waals surface area contributed by atoms with Crippen LogP contribution in [0, 0.1) is 0 Å². The minimum Gasteiger partial charge on any atom is -0.489 e. The summed E-state index contributed by atoms with van der Waals surface area (Å²) in [4.78, 5) is 10.5. The molecule has 0 bridgehead atoms. The first-order valence-electron chi connectivity index (χ1n) is 10.5. The highest BCUT2D eigenvalue weighted by Crippen LogP contribution is 2.41. The van der Waals surface area contributed by atoms with Crippen LogP contribution in [0.4, 0.5) is 0 Å². The first-order valence-corrected chi connectivity index (χ1v) is 10.9. The second-order valence-electron chi connectivity index (χ2n) is 7.81. The van der Waals surface area contributed by atoms with E-state index in [0.717, 1.165) is 35.6 Å². The molecule has 0 fully saturated rings. The molecule has 5 nitrogen and oxygen atoms in total. The molecule has 0 spiro atoms. The standard InChI is InChI=1S/C24H30ClNO4/c1-3-17-5-4-6-22(25)20(17)16-29-19-7-8-21-18(15-19)9-11-24(21,2)30-14-13-26-12-10-23(27)28/h4-8,15,26H,3,9-14,16H2,1-2H3,(H,27,28)/t24-/m0/s1. The predicted molar refractivity (Wildman–Crippen MR) is 118 cm³/mol. The van der Waals surface area contributed by atoms with E-state index in [0.29, 0.717) is 26.3 Å². The summed E-state index contributed by atoms with van der Waals surface area (Å²) in [7, 11) is 0. The highest BCUT2D eigenvalue weighted by molar-refractivity contribution is 6.31. The zero-order valence-corrected chi connectivity index (χ0v) is 18.4. The Hall–Kier alpha value is -2.08. The molecule has 3 rings (SSSR count). The second-order valence-corrected chi connectivity index (χ2v) is 8.22. The van der Waals surface area contributed by atoms with Crippen molar-refractivity contribution in [3.63, 3.8) is 0 Å². The van der Waals surface area contributed by atoms with Crippen LogP contribution in [-0.4, -0.2) is 30.8 Å². The number of hydrogen-bond acceptors (Lipinski definition) is 4. The number of nitrogens with one attached hydrogen (secondary N) is 1. The number of benzene rings is 2. The van der Waals surface area contributed by atoms with Gasteiger partial charge in [0.1, 0.15) is 12.4 Å². The van der Waals surface area contributed by atoms with Gasteiger partial charge in [-0.15, -0.1) is 0 Å². The Labute approximate surface area is 183 Å². The third-order valence-corrected chi connectivity index (χ3v) is 6.07. The van der Waals surface area contributed by atoms with Crippen molar-refractivity contribution in [2.45, 2.75) is 51.7 Å². The van der Waals surface area contributed by atoms with Crippen LogP contribution >= 0.6 is 11.6 Å². The summed E-state index contributed by atoms with van der Waals surface area (Å²) in [5.41, 5.74) is 4.39. The van der Waals surface area contributed by atoms with E-state index < -0.39 is 5.97 Å². The fraction of sp³-hybridized carbons (Fsp3) is 0.458. The Bertz CT molecular complexity index is 886. The van der Waals surface area contributed by atoms with Crippen molar-refractivity contribution in [1.29, 1.82) is 0 Å². The molecule has 6 heteroatoms. The molecule has 0 radical (unpaired) electrons. The van der Waals surface area contributed by atoms with Crippen LogP contribution in [-0.2, 0) is 34.6 Å². The van der Waals surface area contributed by atoms with Crippen molar-refractivity contribution in [3.8, 4) is 5.75 Å². The Morgan fingerprint density at radius 1 is 1.27 bits per heavy atom. The van der Waals surface area contributed by atoms with Crippen molar-refractivity contribution in [1.82, 2.24) is 5.32 Å². The molecular weight excluding hydrogens is 402 g/mol. The van der Waals surface area contributed by atoms with Gasteiger partial charge in [0.15, 0.2) is 0 Å². The summed E-state index contributed by atoms with van der Waals surface area (Å²) in [5, 5.41) is 12.5. The molecule has 162 valence electrons. The van der Waals surface area contributed by atoms with Crippen molar-refractivity contribution in [3.05, 3.63) is 63.7 Å². The molecule has 2 aromatic rings. The maximum absolute atomic E-state index is 10.5. The van der Waals surface area contributed by atoms with Crippen LogP contribution in [0.2, 0.25) is 5.02 Å². The minimum absolute atomic E-state index is 0.122. The lowest BCUT2D eigenvalue weighted by molar-refractivity contribution is -0.136. The zero-order valence-electron chi connectivity index (χ0n) is 17.7. The van der Waals surface area contributed by atoms with Gasteiger partial charge in [-0.1, -0.05) is 36.7 Å². The van der Waals surface area contributed by atoms with Gasteiger partial charge in [-0.2, -0.15) is 0 Å². The summed E-state index contributed by atoms with van der Waals surface area (Å²) in [6.07, 6.45) is 2.91. The van der Waals surface area contributed by atoms with Gasteiger partial charge in [-0.3, -0.25) is 4.79 Å². The van der Waals surface area contributed by atoms with Gasteiger partial charge >= 0.3 is 5.97 Å². The van der Waals surface area contributed by atoms with Gasteiger partial charge in [0.25, 0.3) is 0 Å². The molecule has 0 saturated carbocycles. The lowest BCUT2D eigenvalue weighted by Crippen LogP contribution is -2.29. The first-order chi connectivity index (χ1) is 14.4. The molecular formula is C24H30ClNO4. The highest BCUT2D eigenvalue weighted by atomic mass is 35.5. The predicted octanol–water partition coefficient (Wildman–Crippen LogP) is 4.72. The summed E-state index contributed by atoms with van der Waals surface area (Å²) >= 11 is 6.37. The average Bonchev–Trinajstić information content (AvgIpc) is 3.05. The molecule has 30 heavy (non-hydrogen) atoms. The maximum Gasteiger partial charge on any atom is 0.304 e. The number of halogens is 1. The molecule has 1 atom stereocenters. The molecule has 1 aliphatic carbocycles. The third kappa shape index (κ3) is 5.54.